The molecule has 1 saturated heterocycles. The van der Waals surface area contributed by atoms with E-state index in [-0.39, 0.29) is 0 Å². The molecule has 3 aromatic rings. The molecule has 0 bridgehead atoms. The number of piperazine rings is 1. The quantitative estimate of drug-likeness (QED) is 0.698. The number of halogens is 1. The molecule has 25 heavy (non-hydrogen) atoms. The molecule has 0 spiro atoms. The average molecular weight is 374 g/mol. The molecule has 1 aliphatic heterocycles. The largest absolute Gasteiger partial charge is 0.354 e. The molecular weight excluding hydrogens is 354 g/mol. The third-order valence-electron chi connectivity index (χ3n) is 4.36. The van der Waals surface area contributed by atoms with E-state index >= 15 is 0 Å². The number of aromatic nitrogens is 3. The van der Waals surface area contributed by atoms with Gasteiger partial charge in [-0.3, -0.25) is 0 Å². The van der Waals surface area contributed by atoms with Gasteiger partial charge in [0.05, 0.1) is 16.1 Å². The van der Waals surface area contributed by atoms with E-state index in [0.717, 1.165) is 60.2 Å². The zero-order valence-corrected chi connectivity index (χ0v) is 15.6. The Hall–Kier alpha value is -1.76. The Bertz CT molecular complexity index is 840. The fraction of sp³-hybridized carbons (Fsp3) is 0.333. The molecule has 1 fully saturated rings. The van der Waals surface area contributed by atoms with Crippen LogP contribution in [0.4, 0.5) is 5.82 Å². The summed E-state index contributed by atoms with van der Waals surface area (Å²) in [5.41, 5.74) is 2.85. The SMILES string of the molecule is CCSN1CCN(c2cc(-c3nc4ccccc4[nH]3)c(Cl)cn2)CC1. The van der Waals surface area contributed by atoms with Crippen LogP contribution in [0.25, 0.3) is 22.4 Å². The maximum absolute atomic E-state index is 6.41. The van der Waals surface area contributed by atoms with E-state index in [1.54, 1.807) is 6.20 Å². The minimum atomic E-state index is 0.614. The maximum atomic E-state index is 6.41. The average Bonchev–Trinajstić information content (AvgIpc) is 3.07. The van der Waals surface area contributed by atoms with E-state index in [4.69, 9.17) is 11.6 Å². The number of fused-ring (bicyclic) bond motifs is 1. The van der Waals surface area contributed by atoms with Gasteiger partial charge in [-0.25, -0.2) is 14.3 Å². The number of hydrogen-bond donors (Lipinski definition) is 1. The molecule has 3 heterocycles. The molecular formula is C18H20ClN5S. The Morgan fingerprint density at radius 1 is 1.20 bits per heavy atom. The molecule has 7 heteroatoms. The lowest BCUT2D eigenvalue weighted by atomic mass is 10.2. The lowest BCUT2D eigenvalue weighted by Gasteiger charge is -2.34. The highest BCUT2D eigenvalue weighted by molar-refractivity contribution is 7.96. The molecule has 130 valence electrons. The molecule has 2 aromatic heterocycles. The van der Waals surface area contributed by atoms with Gasteiger partial charge < -0.3 is 9.88 Å². The van der Waals surface area contributed by atoms with Crippen molar-refractivity contribution in [2.24, 2.45) is 0 Å². The molecule has 4 rings (SSSR count). The third-order valence-corrected chi connectivity index (χ3v) is 5.65. The summed E-state index contributed by atoms with van der Waals surface area (Å²) in [6, 6.07) is 10.0. The van der Waals surface area contributed by atoms with Gasteiger partial charge in [0, 0.05) is 43.7 Å². The second kappa shape index (κ2) is 7.23. The van der Waals surface area contributed by atoms with Crippen molar-refractivity contribution in [3.8, 4) is 11.4 Å². The first-order valence-electron chi connectivity index (χ1n) is 8.48. The maximum Gasteiger partial charge on any atom is 0.140 e. The van der Waals surface area contributed by atoms with Crippen LogP contribution in [0.3, 0.4) is 0 Å². The summed E-state index contributed by atoms with van der Waals surface area (Å²) in [4.78, 5) is 14.9. The van der Waals surface area contributed by atoms with Crippen LogP contribution in [0.5, 0.6) is 0 Å². The fourth-order valence-corrected chi connectivity index (χ4v) is 4.07. The van der Waals surface area contributed by atoms with E-state index in [9.17, 15) is 0 Å². The van der Waals surface area contributed by atoms with E-state index in [1.807, 2.05) is 42.3 Å². The number of pyridine rings is 1. The Labute approximate surface area is 156 Å². The summed E-state index contributed by atoms with van der Waals surface area (Å²) in [7, 11) is 0. The summed E-state index contributed by atoms with van der Waals surface area (Å²) < 4.78 is 2.42. The van der Waals surface area contributed by atoms with Gasteiger partial charge in [0.2, 0.25) is 0 Å². The van der Waals surface area contributed by atoms with Crippen molar-refractivity contribution in [1.82, 2.24) is 19.3 Å². The molecule has 0 saturated carbocycles. The summed E-state index contributed by atoms with van der Waals surface area (Å²) in [6.45, 7) is 6.23. The minimum Gasteiger partial charge on any atom is -0.354 e. The van der Waals surface area contributed by atoms with E-state index in [1.165, 1.54) is 0 Å². The highest BCUT2D eigenvalue weighted by atomic mass is 35.5. The van der Waals surface area contributed by atoms with Crippen LogP contribution in [0.2, 0.25) is 5.02 Å². The van der Waals surface area contributed by atoms with Gasteiger partial charge in [-0.2, -0.15) is 0 Å². The van der Waals surface area contributed by atoms with E-state index < -0.39 is 0 Å². The number of aromatic amines is 1. The fourth-order valence-electron chi connectivity index (χ4n) is 3.09. The van der Waals surface area contributed by atoms with Gasteiger partial charge in [0.25, 0.3) is 0 Å². The smallest absolute Gasteiger partial charge is 0.140 e. The molecule has 5 nitrogen and oxygen atoms in total. The number of rotatable bonds is 4. The highest BCUT2D eigenvalue weighted by Gasteiger charge is 2.19. The molecule has 1 aromatic carbocycles. The zero-order valence-electron chi connectivity index (χ0n) is 14.1. The minimum absolute atomic E-state index is 0.614. The number of para-hydroxylation sites is 2. The summed E-state index contributed by atoms with van der Waals surface area (Å²) in [5.74, 6) is 2.87. The molecule has 0 amide bonds. The number of H-pyrrole nitrogens is 1. The topological polar surface area (TPSA) is 48.0 Å². The monoisotopic (exact) mass is 373 g/mol. The van der Waals surface area contributed by atoms with Crippen LogP contribution in [0.1, 0.15) is 6.92 Å². The number of imidazole rings is 1. The van der Waals surface area contributed by atoms with Gasteiger partial charge in [0.15, 0.2) is 0 Å². The van der Waals surface area contributed by atoms with E-state index in [0.29, 0.717) is 5.02 Å². The molecule has 0 aliphatic carbocycles. The standard InChI is InChI=1S/C18H20ClN5S/c1-2-25-24-9-7-23(8-10-24)17-11-13(14(19)12-20-17)18-21-15-5-3-4-6-16(15)22-18/h3-6,11-12H,2,7-10H2,1H3,(H,21,22). The normalized spacial score (nSPS) is 15.8. The number of hydrogen-bond acceptors (Lipinski definition) is 5. The molecule has 0 unspecified atom stereocenters. The van der Waals surface area contributed by atoms with Gasteiger partial charge >= 0.3 is 0 Å². The summed E-state index contributed by atoms with van der Waals surface area (Å²) in [5, 5.41) is 0.614. The van der Waals surface area contributed by atoms with Gasteiger partial charge in [0.1, 0.15) is 11.6 Å². The van der Waals surface area contributed by atoms with Crippen molar-refractivity contribution < 1.29 is 0 Å². The van der Waals surface area contributed by atoms with Crippen molar-refractivity contribution in [2.75, 3.05) is 36.8 Å². The van der Waals surface area contributed by atoms with Crippen molar-refractivity contribution in [1.29, 1.82) is 0 Å². The molecule has 1 aliphatic rings. The van der Waals surface area contributed by atoms with Crippen LogP contribution < -0.4 is 4.90 Å². The predicted octanol–water partition coefficient (Wildman–Crippen LogP) is 4.07. The first-order chi connectivity index (χ1) is 12.2. The molecule has 0 atom stereocenters. The number of nitrogens with one attached hydrogen (secondary N) is 1. The Morgan fingerprint density at radius 3 is 2.76 bits per heavy atom. The molecule has 0 radical (unpaired) electrons. The second-order valence-corrected chi connectivity index (χ2v) is 7.72. The number of anilines is 1. The summed E-state index contributed by atoms with van der Waals surface area (Å²) in [6.07, 6.45) is 1.73. The van der Waals surface area contributed by atoms with Crippen LogP contribution >= 0.6 is 23.5 Å². The van der Waals surface area contributed by atoms with E-state index in [2.05, 4.69) is 31.1 Å². The van der Waals surface area contributed by atoms with Gasteiger partial charge in [-0.1, -0.05) is 42.6 Å². The lowest BCUT2D eigenvalue weighted by Crippen LogP contribution is -2.43. The van der Waals surface area contributed by atoms with Crippen LogP contribution in [0.15, 0.2) is 36.5 Å². The van der Waals surface area contributed by atoms with Gasteiger partial charge in [-0.15, -0.1) is 0 Å². The second-order valence-electron chi connectivity index (χ2n) is 5.96. The Morgan fingerprint density at radius 2 is 2.00 bits per heavy atom. The number of benzene rings is 1. The Kier molecular flexibility index (Phi) is 4.83. The van der Waals surface area contributed by atoms with Crippen LogP contribution in [-0.2, 0) is 0 Å². The van der Waals surface area contributed by atoms with Crippen LogP contribution in [-0.4, -0.2) is 51.2 Å². The van der Waals surface area contributed by atoms with Crippen molar-refractivity contribution in [2.45, 2.75) is 6.92 Å². The third kappa shape index (κ3) is 3.47. The predicted molar refractivity (Wildman–Crippen MR) is 106 cm³/mol. The first-order valence-corrected chi connectivity index (χ1v) is 9.80. The summed E-state index contributed by atoms with van der Waals surface area (Å²) >= 11 is 8.31. The van der Waals surface area contributed by atoms with Crippen molar-refractivity contribution in [3.05, 3.63) is 41.6 Å². The van der Waals surface area contributed by atoms with Crippen molar-refractivity contribution in [3.63, 3.8) is 0 Å². The molecule has 1 N–H and O–H groups in total. The van der Waals surface area contributed by atoms with Crippen LogP contribution in [0, 0.1) is 0 Å². The van der Waals surface area contributed by atoms with Crippen molar-refractivity contribution >= 4 is 40.4 Å². The first kappa shape index (κ1) is 16.7. The zero-order chi connectivity index (χ0) is 17.2. The Balaban J connectivity index is 1.61. The van der Waals surface area contributed by atoms with Gasteiger partial charge in [-0.05, 0) is 18.2 Å². The highest BCUT2D eigenvalue weighted by Crippen LogP contribution is 2.30. The lowest BCUT2D eigenvalue weighted by molar-refractivity contribution is 0.428. The number of nitrogens with zero attached hydrogens (tertiary/aromatic N) is 4.